The van der Waals surface area contributed by atoms with Gasteiger partial charge in [0.2, 0.25) is 5.91 Å². The van der Waals surface area contributed by atoms with Crippen molar-refractivity contribution < 1.29 is 4.79 Å². The molecule has 4 heterocycles. The van der Waals surface area contributed by atoms with Crippen LogP contribution in [-0.4, -0.2) is 51.1 Å². The first-order valence-corrected chi connectivity index (χ1v) is 8.79. The maximum atomic E-state index is 11.9. The van der Waals surface area contributed by atoms with Crippen LogP contribution in [0.1, 0.15) is 25.3 Å². The zero-order valence-corrected chi connectivity index (χ0v) is 14.5. The Kier molecular flexibility index (Phi) is 3.41. The number of likely N-dealkylation sites (N-methyl/N-ethyl adjacent to an activating group) is 1. The van der Waals surface area contributed by atoms with Gasteiger partial charge in [0, 0.05) is 44.0 Å². The molecule has 4 aliphatic rings. The molecule has 2 bridgehead atoms. The van der Waals surface area contributed by atoms with Gasteiger partial charge in [0.15, 0.2) is 0 Å². The van der Waals surface area contributed by atoms with E-state index < -0.39 is 0 Å². The second-order valence-corrected chi connectivity index (χ2v) is 8.00. The first kappa shape index (κ1) is 15.0. The third kappa shape index (κ3) is 2.44. The predicted octanol–water partition coefficient (Wildman–Crippen LogP) is 2.37. The maximum absolute atomic E-state index is 11.9. The van der Waals surface area contributed by atoms with E-state index in [1.54, 1.807) is 4.90 Å². The van der Waals surface area contributed by atoms with Crippen molar-refractivity contribution in [1.82, 2.24) is 4.90 Å². The molecule has 124 valence electrons. The normalized spacial score (nSPS) is 32.3. The molecule has 3 fully saturated rings. The molecule has 0 unspecified atom stereocenters. The number of amides is 1. The minimum Gasteiger partial charge on any atom is -0.374 e. The van der Waals surface area contributed by atoms with Gasteiger partial charge in [-0.1, -0.05) is 13.0 Å². The summed E-state index contributed by atoms with van der Waals surface area (Å²) in [6.07, 6.45) is 3.25. The Hall–Kier alpha value is -1.55. The summed E-state index contributed by atoms with van der Waals surface area (Å²) in [7, 11) is 4.08. The molecule has 1 aromatic carbocycles. The van der Waals surface area contributed by atoms with E-state index in [0.717, 1.165) is 23.7 Å². The summed E-state index contributed by atoms with van der Waals surface area (Å²) < 4.78 is 0. The third-order valence-electron chi connectivity index (χ3n) is 6.34. The number of hydrogen-bond donors (Lipinski definition) is 0. The Morgan fingerprint density at radius 1 is 1.30 bits per heavy atom. The fraction of sp³-hybridized carbons (Fsp3) is 0.632. The summed E-state index contributed by atoms with van der Waals surface area (Å²) in [4.78, 5) is 18.7. The molecule has 0 radical (unpaired) electrons. The summed E-state index contributed by atoms with van der Waals surface area (Å²) in [5.74, 6) is 1.05. The Bertz CT molecular complexity index is 636. The molecule has 1 atom stereocenters. The van der Waals surface area contributed by atoms with Crippen LogP contribution in [0.15, 0.2) is 18.2 Å². The minimum absolute atomic E-state index is 0.198. The summed E-state index contributed by atoms with van der Waals surface area (Å²) >= 11 is 0. The Morgan fingerprint density at radius 2 is 2.04 bits per heavy atom. The van der Waals surface area contributed by atoms with Crippen LogP contribution < -0.4 is 9.80 Å². The van der Waals surface area contributed by atoms with Crippen molar-refractivity contribution in [2.75, 3.05) is 50.1 Å². The lowest BCUT2D eigenvalue weighted by Gasteiger charge is -2.53. The van der Waals surface area contributed by atoms with Crippen LogP contribution in [0.5, 0.6) is 0 Å². The molecule has 0 N–H and O–H groups in total. The number of fused-ring (bicyclic) bond motifs is 4. The molecular formula is C19H27N3O. The lowest BCUT2D eigenvalue weighted by molar-refractivity contribution is -0.117. The number of anilines is 2. The predicted molar refractivity (Wildman–Crippen MR) is 94.1 cm³/mol. The van der Waals surface area contributed by atoms with E-state index in [4.69, 9.17) is 0 Å². The molecule has 5 rings (SSSR count). The van der Waals surface area contributed by atoms with Crippen LogP contribution in [0.4, 0.5) is 11.4 Å². The van der Waals surface area contributed by atoms with Crippen LogP contribution >= 0.6 is 0 Å². The average Bonchev–Trinajstić information content (AvgIpc) is 2.82. The molecule has 4 aliphatic heterocycles. The first-order chi connectivity index (χ1) is 11.0. The van der Waals surface area contributed by atoms with E-state index in [1.165, 1.54) is 38.2 Å². The smallest absolute Gasteiger partial charge is 0.231 e. The quantitative estimate of drug-likeness (QED) is 0.857. The number of nitrogens with zero attached hydrogens (tertiary/aromatic N) is 3. The van der Waals surface area contributed by atoms with Gasteiger partial charge in [-0.25, -0.2) is 0 Å². The molecule has 0 spiro atoms. The lowest BCUT2D eigenvalue weighted by Crippen LogP contribution is -2.57. The zero-order valence-electron chi connectivity index (χ0n) is 14.5. The molecular weight excluding hydrogens is 286 g/mol. The number of hydrogen-bond acceptors (Lipinski definition) is 3. The first-order valence-electron chi connectivity index (χ1n) is 8.79. The second-order valence-electron chi connectivity index (χ2n) is 8.00. The Balaban J connectivity index is 1.54. The monoisotopic (exact) mass is 313 g/mol. The largest absolute Gasteiger partial charge is 0.374 e. The van der Waals surface area contributed by atoms with Crippen molar-refractivity contribution in [2.45, 2.75) is 26.2 Å². The van der Waals surface area contributed by atoms with E-state index >= 15 is 0 Å². The highest BCUT2D eigenvalue weighted by atomic mass is 16.2. The number of carbonyl (C=O) groups excluding carboxylic acids is 1. The Morgan fingerprint density at radius 3 is 2.70 bits per heavy atom. The van der Waals surface area contributed by atoms with Crippen molar-refractivity contribution in [3.8, 4) is 0 Å². The van der Waals surface area contributed by atoms with Gasteiger partial charge in [0.05, 0.1) is 6.42 Å². The average molecular weight is 313 g/mol. The van der Waals surface area contributed by atoms with Gasteiger partial charge < -0.3 is 14.7 Å². The van der Waals surface area contributed by atoms with Gasteiger partial charge >= 0.3 is 0 Å². The van der Waals surface area contributed by atoms with Crippen molar-refractivity contribution in [3.05, 3.63) is 23.8 Å². The van der Waals surface area contributed by atoms with Crippen LogP contribution in [0.2, 0.25) is 0 Å². The molecule has 1 aromatic rings. The van der Waals surface area contributed by atoms with Gasteiger partial charge in [0.25, 0.3) is 0 Å². The van der Waals surface area contributed by atoms with Crippen LogP contribution in [0, 0.1) is 11.3 Å². The molecule has 4 nitrogen and oxygen atoms in total. The standard InChI is InChI=1S/C19H27N3O/c1-19(13-22-8-6-15(19)7-9-22)12-20(2)16-5-4-14-10-18(23)21(3)17(14)11-16/h4-5,11,15H,6-10,12-13H2,1-3H3/t19-/m1/s1. The molecule has 0 aliphatic carbocycles. The van der Waals surface area contributed by atoms with Crippen molar-refractivity contribution in [1.29, 1.82) is 0 Å². The summed E-state index contributed by atoms with van der Waals surface area (Å²) in [5.41, 5.74) is 3.84. The fourth-order valence-electron chi connectivity index (χ4n) is 4.91. The molecule has 4 heteroatoms. The molecule has 1 amide bonds. The van der Waals surface area contributed by atoms with E-state index in [1.807, 2.05) is 7.05 Å². The summed E-state index contributed by atoms with van der Waals surface area (Å²) in [6.45, 7) is 7.35. The van der Waals surface area contributed by atoms with Crippen LogP contribution in [0.3, 0.4) is 0 Å². The highest BCUT2D eigenvalue weighted by Gasteiger charge is 2.43. The number of rotatable bonds is 3. The highest BCUT2D eigenvalue weighted by molar-refractivity contribution is 6.01. The number of piperidine rings is 3. The molecule has 0 saturated carbocycles. The molecule has 0 aromatic heterocycles. The zero-order chi connectivity index (χ0) is 16.2. The molecule has 3 saturated heterocycles. The number of carbonyl (C=O) groups is 1. The summed E-state index contributed by atoms with van der Waals surface area (Å²) in [5, 5.41) is 0. The van der Waals surface area contributed by atoms with Crippen molar-refractivity contribution in [2.24, 2.45) is 11.3 Å². The topological polar surface area (TPSA) is 26.8 Å². The fourth-order valence-corrected chi connectivity index (χ4v) is 4.91. The van der Waals surface area contributed by atoms with Gasteiger partial charge in [-0.2, -0.15) is 0 Å². The van der Waals surface area contributed by atoms with Crippen LogP contribution in [-0.2, 0) is 11.2 Å². The lowest BCUT2D eigenvalue weighted by atomic mass is 9.67. The van der Waals surface area contributed by atoms with Gasteiger partial charge in [-0.15, -0.1) is 0 Å². The summed E-state index contributed by atoms with van der Waals surface area (Å²) in [6, 6.07) is 6.49. The maximum Gasteiger partial charge on any atom is 0.231 e. The van der Waals surface area contributed by atoms with Crippen molar-refractivity contribution >= 4 is 17.3 Å². The van der Waals surface area contributed by atoms with Crippen molar-refractivity contribution in [3.63, 3.8) is 0 Å². The highest BCUT2D eigenvalue weighted by Crippen LogP contribution is 2.43. The molecule has 23 heavy (non-hydrogen) atoms. The second kappa shape index (κ2) is 5.23. The van der Waals surface area contributed by atoms with E-state index in [9.17, 15) is 4.79 Å². The van der Waals surface area contributed by atoms with E-state index in [2.05, 4.69) is 42.0 Å². The van der Waals surface area contributed by atoms with E-state index in [-0.39, 0.29) is 5.91 Å². The van der Waals surface area contributed by atoms with Gasteiger partial charge in [0.1, 0.15) is 0 Å². The minimum atomic E-state index is 0.198. The van der Waals surface area contributed by atoms with Crippen LogP contribution in [0.25, 0.3) is 0 Å². The number of benzene rings is 1. The Labute approximate surface area is 139 Å². The van der Waals surface area contributed by atoms with E-state index in [0.29, 0.717) is 11.8 Å². The SMILES string of the molecule is CN(C[C@]1(C)CN2CCC1CC2)c1ccc2c(c1)N(C)C(=O)C2. The van der Waals surface area contributed by atoms with Gasteiger partial charge in [-0.05, 0) is 49.5 Å². The third-order valence-corrected chi connectivity index (χ3v) is 6.34. The van der Waals surface area contributed by atoms with Gasteiger partial charge in [-0.3, -0.25) is 4.79 Å².